The summed E-state index contributed by atoms with van der Waals surface area (Å²) in [5.41, 5.74) is 2.67. The van der Waals surface area contributed by atoms with E-state index in [1.807, 2.05) is 61.5 Å². The molecule has 0 aliphatic carbocycles. The standard InChI is InChI=1S/C36H34Cl3N3O4.Ni/c1-36(16-7-17-42(36)22-24-12-14-29(38)30(39)19-24)35(45)41-31-15-13-26(37)21-28(31)33(25-9-4-3-5-10-25)40-32(34(43)44)20-23-8-6-11-27(18-23)46-2;/h3-6,8-15,18-19,21,32H,7,16-17,20,22H2,1-2H3,(H2,40,41,43,44,45);/p-1/t32-,36+;/m1./s1. The van der Waals surface area contributed by atoms with Gasteiger partial charge in [-0.15, -0.1) is 5.69 Å². The number of aliphatic carboxylic acids is 1. The molecule has 1 fully saturated rings. The van der Waals surface area contributed by atoms with Crippen molar-refractivity contribution in [3.63, 3.8) is 0 Å². The maximum Gasteiger partial charge on any atom is 0.328 e. The fourth-order valence-electron chi connectivity index (χ4n) is 5.66. The van der Waals surface area contributed by atoms with Gasteiger partial charge in [0.05, 0.1) is 34.3 Å². The Morgan fingerprint density at radius 3 is 2.43 bits per heavy atom. The summed E-state index contributed by atoms with van der Waals surface area (Å²) in [4.78, 5) is 33.5. The second-order valence-corrected chi connectivity index (χ2v) is 12.6. The SMILES string of the molecule is COc1cccc(C[C@@H](N=C(c2ccccc2)c2cc(Cl)ccc2[N-]C(=O)[C@]2(C)CCCN2Cc2ccc(Cl)c(Cl)c2)C(=O)O)c1.[Ni]. The van der Waals surface area contributed by atoms with E-state index < -0.39 is 17.6 Å². The molecule has 7 nitrogen and oxygen atoms in total. The summed E-state index contributed by atoms with van der Waals surface area (Å²) in [7, 11) is 1.56. The normalized spacial score (nSPS) is 17.1. The Morgan fingerprint density at radius 2 is 1.72 bits per heavy atom. The van der Waals surface area contributed by atoms with Crippen LogP contribution in [0.1, 0.15) is 42.0 Å². The van der Waals surface area contributed by atoms with Crippen LogP contribution in [0, 0.1) is 0 Å². The molecular weight excluding hydrogens is 703 g/mol. The summed E-state index contributed by atoms with van der Waals surface area (Å²) >= 11 is 18.9. The van der Waals surface area contributed by atoms with Gasteiger partial charge in [0.15, 0.2) is 6.04 Å². The Morgan fingerprint density at radius 1 is 0.957 bits per heavy atom. The van der Waals surface area contributed by atoms with Crippen molar-refractivity contribution in [2.24, 2.45) is 4.99 Å². The number of carboxylic acids is 1. The van der Waals surface area contributed by atoms with E-state index in [4.69, 9.17) is 44.5 Å². The van der Waals surface area contributed by atoms with Gasteiger partial charge in [-0.1, -0.05) is 89.4 Å². The molecule has 0 bridgehead atoms. The molecule has 4 aromatic rings. The number of carbonyl (C=O) groups is 2. The molecule has 0 unspecified atom stereocenters. The van der Waals surface area contributed by atoms with Gasteiger partial charge >= 0.3 is 5.97 Å². The summed E-state index contributed by atoms with van der Waals surface area (Å²) in [6.07, 6.45) is 1.57. The molecule has 248 valence electrons. The molecule has 1 aliphatic heterocycles. The van der Waals surface area contributed by atoms with Gasteiger partial charge in [0.1, 0.15) is 5.75 Å². The molecular formula is C36H33Cl3N3NiO4-. The van der Waals surface area contributed by atoms with E-state index in [1.165, 1.54) is 0 Å². The minimum absolute atomic E-state index is 0. The van der Waals surface area contributed by atoms with Gasteiger partial charge in [-0.05, 0) is 79.4 Å². The maximum atomic E-state index is 14.1. The number of ether oxygens (including phenoxy) is 1. The molecule has 4 aromatic carbocycles. The zero-order chi connectivity index (χ0) is 32.8. The summed E-state index contributed by atoms with van der Waals surface area (Å²) in [5.74, 6) is -0.784. The first kappa shape index (κ1) is 36.4. The van der Waals surface area contributed by atoms with Crippen molar-refractivity contribution in [1.82, 2.24) is 4.90 Å². The van der Waals surface area contributed by atoms with E-state index in [2.05, 4.69) is 10.2 Å². The van der Waals surface area contributed by atoms with Crippen molar-refractivity contribution in [2.75, 3.05) is 13.7 Å². The minimum atomic E-state index is -1.14. The number of amides is 1. The van der Waals surface area contributed by atoms with Crippen LogP contribution in [0.4, 0.5) is 5.69 Å². The number of aliphatic imine (C=N–C) groups is 1. The predicted octanol–water partition coefficient (Wildman–Crippen LogP) is 8.77. The number of carbonyl (C=O) groups excluding carboxylic acids is 1. The smallest absolute Gasteiger partial charge is 0.328 e. The molecule has 0 radical (unpaired) electrons. The summed E-state index contributed by atoms with van der Waals surface area (Å²) < 4.78 is 5.33. The van der Waals surface area contributed by atoms with Crippen LogP contribution in [-0.2, 0) is 39.0 Å². The topological polar surface area (TPSA) is 93.3 Å². The Balaban J connectivity index is 0.00000500. The van der Waals surface area contributed by atoms with Crippen LogP contribution in [-0.4, -0.2) is 52.8 Å². The van der Waals surface area contributed by atoms with Crippen LogP contribution in [0.5, 0.6) is 5.75 Å². The van der Waals surface area contributed by atoms with E-state index in [0.29, 0.717) is 62.9 Å². The van der Waals surface area contributed by atoms with Gasteiger partial charge in [-0.2, -0.15) is 0 Å². The molecule has 2 atom stereocenters. The van der Waals surface area contributed by atoms with Crippen LogP contribution >= 0.6 is 34.8 Å². The number of likely N-dealkylation sites (tertiary alicyclic amines) is 1. The number of carboxylic acid groups (broad SMARTS) is 1. The number of hydrogen-bond acceptors (Lipinski definition) is 5. The van der Waals surface area contributed by atoms with Gasteiger partial charge in [0.25, 0.3) is 0 Å². The zero-order valence-electron chi connectivity index (χ0n) is 25.7. The van der Waals surface area contributed by atoms with Crippen LogP contribution in [0.15, 0.2) is 96.0 Å². The Labute approximate surface area is 299 Å². The van der Waals surface area contributed by atoms with E-state index in [0.717, 1.165) is 17.5 Å². The van der Waals surface area contributed by atoms with Crippen molar-refractivity contribution in [3.8, 4) is 5.75 Å². The van der Waals surface area contributed by atoms with Crippen molar-refractivity contribution in [3.05, 3.63) is 134 Å². The number of rotatable bonds is 11. The largest absolute Gasteiger partial charge is 0.625 e. The number of halogens is 3. The third-order valence-corrected chi connectivity index (χ3v) is 9.20. The Bertz CT molecular complexity index is 1770. The van der Waals surface area contributed by atoms with Gasteiger partial charge in [-0.3, -0.25) is 9.89 Å². The third-order valence-electron chi connectivity index (χ3n) is 8.22. The fourth-order valence-corrected chi connectivity index (χ4v) is 6.15. The first-order valence-corrected chi connectivity index (χ1v) is 15.9. The first-order chi connectivity index (χ1) is 22.1. The molecule has 0 spiro atoms. The van der Waals surface area contributed by atoms with Crippen molar-refractivity contribution in [2.45, 2.75) is 44.3 Å². The number of nitrogens with zero attached hydrogens (tertiary/aromatic N) is 3. The number of benzene rings is 4. The van der Waals surface area contributed by atoms with Crippen molar-refractivity contribution in [1.29, 1.82) is 0 Å². The van der Waals surface area contributed by atoms with Gasteiger partial charge in [0, 0.05) is 40.0 Å². The Hall–Kier alpha value is -3.39. The second kappa shape index (κ2) is 16.1. The monoisotopic (exact) mass is 734 g/mol. The average Bonchev–Trinajstić information content (AvgIpc) is 3.43. The maximum absolute atomic E-state index is 14.1. The number of methoxy groups -OCH3 is 1. The average molecular weight is 737 g/mol. The van der Waals surface area contributed by atoms with E-state index in [1.54, 1.807) is 43.5 Å². The van der Waals surface area contributed by atoms with Crippen LogP contribution in [0.25, 0.3) is 5.32 Å². The predicted molar refractivity (Wildman–Crippen MR) is 184 cm³/mol. The summed E-state index contributed by atoms with van der Waals surface area (Å²) in [5, 5.41) is 16.3. The molecule has 0 aromatic heterocycles. The van der Waals surface area contributed by atoms with Crippen LogP contribution < -0.4 is 4.74 Å². The van der Waals surface area contributed by atoms with E-state index >= 15 is 0 Å². The molecule has 1 amide bonds. The van der Waals surface area contributed by atoms with Gasteiger partial charge in [0.2, 0.25) is 0 Å². The molecule has 1 saturated heterocycles. The minimum Gasteiger partial charge on any atom is -0.625 e. The molecule has 1 N–H and O–H groups in total. The molecule has 1 aliphatic rings. The van der Waals surface area contributed by atoms with Crippen molar-refractivity contribution >= 4 is 58.1 Å². The van der Waals surface area contributed by atoms with E-state index in [9.17, 15) is 14.7 Å². The van der Waals surface area contributed by atoms with Crippen molar-refractivity contribution < 1.29 is 35.9 Å². The molecule has 0 saturated carbocycles. The van der Waals surface area contributed by atoms with Gasteiger partial charge in [-0.25, -0.2) is 4.79 Å². The zero-order valence-corrected chi connectivity index (χ0v) is 29.0. The second-order valence-electron chi connectivity index (χ2n) is 11.4. The van der Waals surface area contributed by atoms with Crippen LogP contribution in [0.2, 0.25) is 15.1 Å². The first-order valence-electron chi connectivity index (χ1n) is 14.8. The molecule has 5 rings (SSSR count). The summed E-state index contributed by atoms with van der Waals surface area (Å²) in [6.45, 7) is 3.12. The van der Waals surface area contributed by atoms with Gasteiger partial charge < -0.3 is 20.0 Å². The number of hydrogen-bond donors (Lipinski definition) is 1. The molecule has 1 heterocycles. The van der Waals surface area contributed by atoms with E-state index in [-0.39, 0.29) is 28.8 Å². The quantitative estimate of drug-likeness (QED) is 0.123. The molecule has 11 heteroatoms. The Kier molecular flexibility index (Phi) is 12.5. The third kappa shape index (κ3) is 8.75. The fraction of sp³-hybridized carbons (Fsp3) is 0.250. The van der Waals surface area contributed by atoms with Crippen LogP contribution in [0.3, 0.4) is 0 Å². The molecule has 47 heavy (non-hydrogen) atoms. The summed E-state index contributed by atoms with van der Waals surface area (Å²) in [6, 6.07) is 25.8.